The molecule has 2 aromatic carbocycles. The van der Waals surface area contributed by atoms with Gasteiger partial charge >= 0.3 is 0 Å². The quantitative estimate of drug-likeness (QED) is 0.727. The number of fused-ring (bicyclic) bond motifs is 1. The van der Waals surface area contributed by atoms with Gasteiger partial charge in [-0.2, -0.15) is 5.26 Å². The number of nitrogen functional groups attached to an aromatic ring is 1. The average molecular weight is 282 g/mol. The Morgan fingerprint density at radius 2 is 2.05 bits per heavy atom. The van der Waals surface area contributed by atoms with Gasteiger partial charge < -0.3 is 10.3 Å². The summed E-state index contributed by atoms with van der Waals surface area (Å²) in [6.07, 6.45) is 1.85. The van der Waals surface area contributed by atoms with Gasteiger partial charge in [-0.05, 0) is 35.9 Å². The minimum atomic E-state index is 0.634. The molecule has 3 aromatic rings. The lowest BCUT2D eigenvalue weighted by Crippen LogP contribution is -1.97. The zero-order chi connectivity index (χ0) is 14.1. The van der Waals surface area contributed by atoms with Crippen LogP contribution < -0.4 is 5.73 Å². The molecule has 98 valence electrons. The van der Waals surface area contributed by atoms with Crippen molar-refractivity contribution in [1.29, 1.82) is 5.26 Å². The van der Waals surface area contributed by atoms with Crippen LogP contribution in [0.1, 0.15) is 11.1 Å². The lowest BCUT2D eigenvalue weighted by atomic mass is 10.2. The van der Waals surface area contributed by atoms with Gasteiger partial charge in [-0.15, -0.1) is 0 Å². The fraction of sp³-hybridized carbons (Fsp3) is 0.0625. The van der Waals surface area contributed by atoms with Crippen LogP contribution in [-0.4, -0.2) is 4.57 Å². The van der Waals surface area contributed by atoms with Crippen LogP contribution >= 0.6 is 11.6 Å². The SMILES string of the molecule is N#Cc1cn(Cc2cccc(Cl)c2)c2ccc(N)cc12. The Morgan fingerprint density at radius 1 is 1.20 bits per heavy atom. The van der Waals surface area contributed by atoms with Crippen molar-refractivity contribution in [1.82, 2.24) is 4.57 Å². The summed E-state index contributed by atoms with van der Waals surface area (Å²) in [5.41, 5.74) is 9.18. The standard InChI is InChI=1S/C16H12ClN3/c17-13-3-1-2-11(6-13)9-20-10-12(8-18)15-7-14(19)4-5-16(15)20/h1-7,10H,9,19H2. The summed E-state index contributed by atoms with van der Waals surface area (Å²) in [5.74, 6) is 0. The van der Waals surface area contributed by atoms with Crippen molar-refractivity contribution >= 4 is 28.2 Å². The maximum Gasteiger partial charge on any atom is 0.101 e. The van der Waals surface area contributed by atoms with E-state index in [2.05, 4.69) is 6.07 Å². The lowest BCUT2D eigenvalue weighted by Gasteiger charge is -2.06. The second-order valence-corrected chi connectivity index (χ2v) is 5.13. The molecule has 0 saturated carbocycles. The summed E-state index contributed by atoms with van der Waals surface area (Å²) >= 11 is 6.00. The summed E-state index contributed by atoms with van der Waals surface area (Å²) in [7, 11) is 0. The molecular weight excluding hydrogens is 270 g/mol. The number of nitrogens with zero attached hydrogens (tertiary/aromatic N) is 2. The van der Waals surface area contributed by atoms with Crippen LogP contribution in [0.3, 0.4) is 0 Å². The summed E-state index contributed by atoms with van der Waals surface area (Å²) in [6, 6.07) is 15.5. The molecule has 1 aromatic heterocycles. The number of nitriles is 1. The first-order valence-corrected chi connectivity index (χ1v) is 6.58. The van der Waals surface area contributed by atoms with E-state index in [0.29, 0.717) is 22.8 Å². The Balaban J connectivity index is 2.10. The van der Waals surface area contributed by atoms with Crippen LogP contribution in [0.5, 0.6) is 0 Å². The fourth-order valence-electron chi connectivity index (χ4n) is 2.37. The molecule has 20 heavy (non-hydrogen) atoms. The maximum absolute atomic E-state index is 9.22. The maximum atomic E-state index is 9.22. The molecular formula is C16H12ClN3. The highest BCUT2D eigenvalue weighted by molar-refractivity contribution is 6.30. The van der Waals surface area contributed by atoms with Gasteiger partial charge in [0, 0.05) is 34.4 Å². The number of benzene rings is 2. The van der Waals surface area contributed by atoms with E-state index in [0.717, 1.165) is 16.5 Å². The van der Waals surface area contributed by atoms with Crippen molar-refractivity contribution in [3.8, 4) is 6.07 Å². The molecule has 3 nitrogen and oxygen atoms in total. The average Bonchev–Trinajstić information content (AvgIpc) is 2.76. The lowest BCUT2D eigenvalue weighted by molar-refractivity contribution is 0.836. The normalized spacial score (nSPS) is 10.6. The Bertz CT molecular complexity index is 827. The minimum Gasteiger partial charge on any atom is -0.399 e. The molecule has 0 atom stereocenters. The van der Waals surface area contributed by atoms with Gasteiger partial charge in [-0.25, -0.2) is 0 Å². The molecule has 0 bridgehead atoms. The number of nitrogens with two attached hydrogens (primary N) is 1. The summed E-state index contributed by atoms with van der Waals surface area (Å²) in [5, 5.41) is 10.8. The van der Waals surface area contributed by atoms with E-state index < -0.39 is 0 Å². The van der Waals surface area contributed by atoms with Gasteiger partial charge in [0.05, 0.1) is 5.56 Å². The largest absolute Gasteiger partial charge is 0.399 e. The zero-order valence-corrected chi connectivity index (χ0v) is 11.4. The predicted molar refractivity (Wildman–Crippen MR) is 81.6 cm³/mol. The van der Waals surface area contributed by atoms with Crippen LogP contribution in [0.4, 0.5) is 5.69 Å². The molecule has 0 aliphatic rings. The molecule has 0 unspecified atom stereocenters. The van der Waals surface area contributed by atoms with Crippen LogP contribution in [0, 0.1) is 11.3 Å². The molecule has 0 saturated heterocycles. The van der Waals surface area contributed by atoms with Crippen LogP contribution in [0.25, 0.3) is 10.9 Å². The predicted octanol–water partition coefficient (Wildman–Crippen LogP) is 3.80. The first-order valence-electron chi connectivity index (χ1n) is 6.20. The van der Waals surface area contributed by atoms with Crippen molar-refractivity contribution in [2.45, 2.75) is 6.54 Å². The van der Waals surface area contributed by atoms with Crippen molar-refractivity contribution < 1.29 is 0 Å². The molecule has 1 heterocycles. The molecule has 0 aliphatic heterocycles. The number of anilines is 1. The van der Waals surface area contributed by atoms with E-state index >= 15 is 0 Å². The molecule has 3 rings (SSSR count). The number of halogens is 1. The van der Waals surface area contributed by atoms with Crippen LogP contribution in [-0.2, 0) is 6.54 Å². The van der Waals surface area contributed by atoms with E-state index in [1.807, 2.05) is 53.2 Å². The minimum absolute atomic E-state index is 0.634. The molecule has 0 radical (unpaired) electrons. The highest BCUT2D eigenvalue weighted by Gasteiger charge is 2.09. The van der Waals surface area contributed by atoms with Gasteiger partial charge in [0.2, 0.25) is 0 Å². The zero-order valence-electron chi connectivity index (χ0n) is 10.7. The van der Waals surface area contributed by atoms with Crippen LogP contribution in [0.2, 0.25) is 5.02 Å². The van der Waals surface area contributed by atoms with Gasteiger partial charge in [0.15, 0.2) is 0 Å². The Morgan fingerprint density at radius 3 is 2.80 bits per heavy atom. The molecule has 0 spiro atoms. The third-order valence-corrected chi connectivity index (χ3v) is 3.50. The van der Waals surface area contributed by atoms with Gasteiger partial charge in [-0.3, -0.25) is 0 Å². The second kappa shape index (κ2) is 4.92. The Kier molecular flexibility index (Phi) is 3.09. The number of aromatic nitrogens is 1. The van der Waals surface area contributed by atoms with E-state index in [1.165, 1.54) is 0 Å². The monoisotopic (exact) mass is 281 g/mol. The number of hydrogen-bond acceptors (Lipinski definition) is 2. The summed E-state index contributed by atoms with van der Waals surface area (Å²) < 4.78 is 2.04. The smallest absolute Gasteiger partial charge is 0.101 e. The fourth-order valence-corrected chi connectivity index (χ4v) is 2.58. The third-order valence-electron chi connectivity index (χ3n) is 3.27. The van der Waals surface area contributed by atoms with Gasteiger partial charge in [0.25, 0.3) is 0 Å². The van der Waals surface area contributed by atoms with Crippen molar-refractivity contribution in [2.75, 3.05) is 5.73 Å². The molecule has 4 heteroatoms. The summed E-state index contributed by atoms with van der Waals surface area (Å²) in [6.45, 7) is 0.669. The van der Waals surface area contributed by atoms with Crippen molar-refractivity contribution in [3.63, 3.8) is 0 Å². The van der Waals surface area contributed by atoms with Crippen molar-refractivity contribution in [3.05, 3.63) is 64.8 Å². The second-order valence-electron chi connectivity index (χ2n) is 4.69. The van der Waals surface area contributed by atoms with E-state index in [4.69, 9.17) is 17.3 Å². The highest BCUT2D eigenvalue weighted by atomic mass is 35.5. The first kappa shape index (κ1) is 12.6. The molecule has 2 N–H and O–H groups in total. The van der Waals surface area contributed by atoms with E-state index in [1.54, 1.807) is 0 Å². The Labute approximate surface area is 121 Å². The van der Waals surface area contributed by atoms with Gasteiger partial charge in [-0.1, -0.05) is 23.7 Å². The summed E-state index contributed by atoms with van der Waals surface area (Å²) in [4.78, 5) is 0. The first-order chi connectivity index (χ1) is 9.67. The topological polar surface area (TPSA) is 54.7 Å². The van der Waals surface area contributed by atoms with Gasteiger partial charge in [0.1, 0.15) is 6.07 Å². The number of hydrogen-bond donors (Lipinski definition) is 1. The molecule has 0 fully saturated rings. The Hall–Kier alpha value is -2.44. The highest BCUT2D eigenvalue weighted by Crippen LogP contribution is 2.24. The number of rotatable bonds is 2. The third kappa shape index (κ3) is 2.22. The van der Waals surface area contributed by atoms with Crippen LogP contribution in [0.15, 0.2) is 48.7 Å². The van der Waals surface area contributed by atoms with Crippen molar-refractivity contribution in [2.24, 2.45) is 0 Å². The molecule has 0 amide bonds. The van der Waals surface area contributed by atoms with E-state index in [-0.39, 0.29) is 0 Å². The molecule has 0 aliphatic carbocycles. The van der Waals surface area contributed by atoms with E-state index in [9.17, 15) is 5.26 Å².